The van der Waals surface area contributed by atoms with E-state index in [1.165, 1.54) is 0 Å². The van der Waals surface area contributed by atoms with Gasteiger partial charge in [0, 0.05) is 5.57 Å². The summed E-state index contributed by atoms with van der Waals surface area (Å²) >= 11 is 0. The van der Waals surface area contributed by atoms with Crippen LogP contribution in [0.2, 0.25) is 0 Å². The second-order valence-electron chi connectivity index (χ2n) is 4.47. The Balaban J connectivity index is 2.71. The average molecular weight is 204 g/mol. The Kier molecular flexibility index (Phi) is 4.05. The lowest BCUT2D eigenvalue weighted by molar-refractivity contribution is 0.0924. The van der Waals surface area contributed by atoms with E-state index in [2.05, 4.69) is 13.8 Å². The molecule has 1 aliphatic rings. The largest absolute Gasteiger partial charge is 0.377 e. The van der Waals surface area contributed by atoms with Crippen LogP contribution in [0.1, 0.15) is 27.2 Å². The molecule has 1 rings (SSSR count). The molecule has 0 aromatic heterocycles. The first-order chi connectivity index (χ1) is 6.52. The minimum absolute atomic E-state index is 0.107. The third-order valence-corrected chi connectivity index (χ3v) is 3.01. The van der Waals surface area contributed by atoms with E-state index in [-0.39, 0.29) is 18.1 Å². The highest BCUT2D eigenvalue weighted by molar-refractivity contribution is 5.05. The number of hydrogen-bond acceptors (Lipinski definition) is 1. The number of halogens is 2. The standard InChI is InChI=1S/C11H18F2O/c1-7(2)10-6-14-5-9(11(12)13)4-8(10)3/h7-8,10H,4-6H2,1-3H3. The van der Waals surface area contributed by atoms with Crippen molar-refractivity contribution >= 4 is 0 Å². The van der Waals surface area contributed by atoms with Gasteiger partial charge in [0.1, 0.15) is 0 Å². The van der Waals surface area contributed by atoms with Crippen LogP contribution < -0.4 is 0 Å². The molecule has 1 heterocycles. The lowest BCUT2D eigenvalue weighted by atomic mass is 9.82. The monoisotopic (exact) mass is 204 g/mol. The van der Waals surface area contributed by atoms with Crippen molar-refractivity contribution in [2.24, 2.45) is 17.8 Å². The van der Waals surface area contributed by atoms with Gasteiger partial charge in [-0.3, -0.25) is 0 Å². The molecular formula is C11H18F2O. The lowest BCUT2D eigenvalue weighted by Crippen LogP contribution is -2.20. The Morgan fingerprint density at radius 2 is 2.07 bits per heavy atom. The Bertz CT molecular complexity index is 219. The van der Waals surface area contributed by atoms with Crippen LogP contribution in [0.4, 0.5) is 8.78 Å². The first-order valence-corrected chi connectivity index (χ1v) is 5.13. The third kappa shape index (κ3) is 2.77. The topological polar surface area (TPSA) is 9.23 Å². The smallest absolute Gasteiger partial charge is 0.271 e. The van der Waals surface area contributed by atoms with E-state index in [0.717, 1.165) is 0 Å². The Morgan fingerprint density at radius 3 is 2.57 bits per heavy atom. The molecule has 2 atom stereocenters. The summed E-state index contributed by atoms with van der Waals surface area (Å²) in [5, 5.41) is 0. The van der Waals surface area contributed by atoms with Crippen molar-refractivity contribution in [1.82, 2.24) is 0 Å². The molecular weight excluding hydrogens is 186 g/mol. The van der Waals surface area contributed by atoms with Crippen molar-refractivity contribution in [3.8, 4) is 0 Å². The van der Waals surface area contributed by atoms with E-state index in [4.69, 9.17) is 4.74 Å². The van der Waals surface area contributed by atoms with Crippen LogP contribution in [0, 0.1) is 17.8 Å². The molecule has 0 N–H and O–H groups in total. The van der Waals surface area contributed by atoms with Crippen molar-refractivity contribution in [2.45, 2.75) is 27.2 Å². The van der Waals surface area contributed by atoms with Crippen LogP contribution in [-0.2, 0) is 4.74 Å². The summed E-state index contributed by atoms with van der Waals surface area (Å²) in [5.74, 6) is 1.17. The molecule has 0 aromatic rings. The molecule has 82 valence electrons. The maximum atomic E-state index is 12.4. The molecule has 2 unspecified atom stereocenters. The third-order valence-electron chi connectivity index (χ3n) is 3.01. The van der Waals surface area contributed by atoms with Crippen molar-refractivity contribution in [2.75, 3.05) is 13.2 Å². The van der Waals surface area contributed by atoms with E-state index in [0.29, 0.717) is 24.9 Å². The molecule has 0 bridgehead atoms. The van der Waals surface area contributed by atoms with Gasteiger partial charge in [0.2, 0.25) is 0 Å². The molecule has 1 aliphatic heterocycles. The Hall–Kier alpha value is -0.440. The summed E-state index contributed by atoms with van der Waals surface area (Å²) in [5.41, 5.74) is 0.181. The van der Waals surface area contributed by atoms with Gasteiger partial charge in [0.25, 0.3) is 6.08 Å². The first kappa shape index (κ1) is 11.6. The van der Waals surface area contributed by atoms with Crippen LogP contribution in [0.5, 0.6) is 0 Å². The van der Waals surface area contributed by atoms with Crippen LogP contribution in [0.15, 0.2) is 11.7 Å². The molecule has 0 aromatic carbocycles. The fourth-order valence-corrected chi connectivity index (χ4v) is 2.06. The van der Waals surface area contributed by atoms with Crippen molar-refractivity contribution in [3.05, 3.63) is 11.7 Å². The first-order valence-electron chi connectivity index (χ1n) is 5.13. The Labute approximate surface area is 84.1 Å². The normalized spacial score (nSPS) is 29.1. The number of ether oxygens (including phenoxy) is 1. The summed E-state index contributed by atoms with van der Waals surface area (Å²) in [7, 11) is 0. The predicted octanol–water partition coefficient (Wildman–Crippen LogP) is 3.47. The summed E-state index contributed by atoms with van der Waals surface area (Å²) in [6.07, 6.45) is -1.08. The van der Waals surface area contributed by atoms with Crippen LogP contribution in [-0.4, -0.2) is 13.2 Å². The molecule has 0 radical (unpaired) electrons. The van der Waals surface area contributed by atoms with Crippen LogP contribution in [0.25, 0.3) is 0 Å². The quantitative estimate of drug-likeness (QED) is 0.635. The number of rotatable bonds is 1. The van der Waals surface area contributed by atoms with Gasteiger partial charge in [-0.25, -0.2) is 0 Å². The fourth-order valence-electron chi connectivity index (χ4n) is 2.06. The van der Waals surface area contributed by atoms with Crippen LogP contribution >= 0.6 is 0 Å². The van der Waals surface area contributed by atoms with Crippen molar-refractivity contribution in [3.63, 3.8) is 0 Å². The van der Waals surface area contributed by atoms with Gasteiger partial charge in [0.05, 0.1) is 13.2 Å². The van der Waals surface area contributed by atoms with Crippen molar-refractivity contribution < 1.29 is 13.5 Å². The lowest BCUT2D eigenvalue weighted by Gasteiger charge is -2.24. The fraction of sp³-hybridized carbons (Fsp3) is 0.818. The van der Waals surface area contributed by atoms with E-state index >= 15 is 0 Å². The Morgan fingerprint density at radius 1 is 1.43 bits per heavy atom. The molecule has 3 heteroatoms. The zero-order valence-electron chi connectivity index (χ0n) is 9.02. The van der Waals surface area contributed by atoms with Gasteiger partial charge >= 0.3 is 0 Å². The minimum atomic E-state index is -1.55. The van der Waals surface area contributed by atoms with Gasteiger partial charge in [0.15, 0.2) is 0 Å². The van der Waals surface area contributed by atoms with Crippen molar-refractivity contribution in [1.29, 1.82) is 0 Å². The van der Waals surface area contributed by atoms with Gasteiger partial charge in [-0.05, 0) is 24.2 Å². The maximum Gasteiger partial charge on any atom is 0.271 e. The molecule has 0 saturated carbocycles. The van der Waals surface area contributed by atoms with E-state index in [1.807, 2.05) is 6.92 Å². The van der Waals surface area contributed by atoms with E-state index in [1.54, 1.807) is 0 Å². The van der Waals surface area contributed by atoms with E-state index in [9.17, 15) is 8.78 Å². The molecule has 0 amide bonds. The molecule has 1 nitrogen and oxygen atoms in total. The number of hydrogen-bond donors (Lipinski definition) is 0. The van der Waals surface area contributed by atoms with Gasteiger partial charge in [-0.15, -0.1) is 0 Å². The highest BCUT2D eigenvalue weighted by Crippen LogP contribution is 2.31. The zero-order chi connectivity index (χ0) is 10.7. The van der Waals surface area contributed by atoms with E-state index < -0.39 is 6.08 Å². The zero-order valence-corrected chi connectivity index (χ0v) is 9.02. The second-order valence-corrected chi connectivity index (χ2v) is 4.47. The molecule has 0 spiro atoms. The second kappa shape index (κ2) is 4.87. The minimum Gasteiger partial charge on any atom is -0.377 e. The summed E-state index contributed by atoms with van der Waals surface area (Å²) in [6.45, 7) is 6.98. The molecule has 1 fully saturated rings. The highest BCUT2D eigenvalue weighted by Gasteiger charge is 2.26. The van der Waals surface area contributed by atoms with Gasteiger partial charge in [-0.2, -0.15) is 8.78 Å². The van der Waals surface area contributed by atoms with Crippen LogP contribution in [0.3, 0.4) is 0 Å². The highest BCUT2D eigenvalue weighted by atomic mass is 19.3. The van der Waals surface area contributed by atoms with Gasteiger partial charge < -0.3 is 4.74 Å². The average Bonchev–Trinajstić information content (AvgIpc) is 2.26. The maximum absolute atomic E-state index is 12.4. The van der Waals surface area contributed by atoms with Gasteiger partial charge in [-0.1, -0.05) is 20.8 Å². The SMILES string of the molecule is CC(C)C1COCC(=C(F)F)CC1C. The molecule has 0 aliphatic carbocycles. The summed E-state index contributed by atoms with van der Waals surface area (Å²) < 4.78 is 30.1. The molecule has 14 heavy (non-hydrogen) atoms. The molecule has 1 saturated heterocycles. The predicted molar refractivity (Wildman–Crippen MR) is 52.2 cm³/mol. The summed E-state index contributed by atoms with van der Waals surface area (Å²) in [4.78, 5) is 0. The summed E-state index contributed by atoms with van der Waals surface area (Å²) in [6, 6.07) is 0.